The van der Waals surface area contributed by atoms with Crippen LogP contribution in [-0.4, -0.2) is 52.3 Å². The van der Waals surface area contributed by atoms with E-state index in [2.05, 4.69) is 5.48 Å². The van der Waals surface area contributed by atoms with Crippen LogP contribution >= 0.6 is 0 Å². The van der Waals surface area contributed by atoms with E-state index in [1.54, 1.807) is 6.92 Å². The Balaban J connectivity index is 2.02. The molecule has 2 aliphatic heterocycles. The van der Waals surface area contributed by atoms with Crippen molar-refractivity contribution in [3.05, 3.63) is 0 Å². The number of urea groups is 1. The van der Waals surface area contributed by atoms with Crippen LogP contribution in [0.5, 0.6) is 0 Å². The highest BCUT2D eigenvalue weighted by Crippen LogP contribution is 2.28. The minimum atomic E-state index is -0.535. The first-order chi connectivity index (χ1) is 7.65. The Morgan fingerprint density at radius 3 is 3.06 bits per heavy atom. The van der Waals surface area contributed by atoms with Gasteiger partial charge in [0.25, 0.3) is 5.91 Å². The van der Waals surface area contributed by atoms with Gasteiger partial charge in [0.2, 0.25) is 0 Å². The van der Waals surface area contributed by atoms with Gasteiger partial charge in [0.15, 0.2) is 0 Å². The Morgan fingerprint density at radius 1 is 1.62 bits per heavy atom. The molecule has 2 heterocycles. The topological polar surface area (TPSA) is 82.1 Å². The van der Waals surface area contributed by atoms with E-state index in [0.717, 1.165) is 0 Å². The molecule has 16 heavy (non-hydrogen) atoms. The van der Waals surface area contributed by atoms with E-state index in [-0.39, 0.29) is 11.9 Å². The van der Waals surface area contributed by atoms with Crippen molar-refractivity contribution in [2.45, 2.75) is 31.8 Å². The van der Waals surface area contributed by atoms with E-state index in [0.29, 0.717) is 31.1 Å². The molecule has 0 spiro atoms. The van der Waals surface area contributed by atoms with Crippen molar-refractivity contribution in [1.82, 2.24) is 15.4 Å². The Bertz CT molecular complexity index is 309. The molecule has 0 aromatic rings. The predicted octanol–water partition coefficient (Wildman–Crippen LogP) is -0.288. The molecule has 2 bridgehead atoms. The molecule has 2 saturated heterocycles. The highest BCUT2D eigenvalue weighted by molar-refractivity contribution is 5.87. The third kappa shape index (κ3) is 1.72. The number of piperidine rings is 1. The van der Waals surface area contributed by atoms with Crippen molar-refractivity contribution < 1.29 is 19.6 Å². The minimum absolute atomic E-state index is 0.177. The van der Waals surface area contributed by atoms with E-state index in [1.165, 1.54) is 4.90 Å². The smallest absolute Gasteiger partial charge is 0.309 e. The van der Waals surface area contributed by atoms with Crippen LogP contribution in [0.25, 0.3) is 0 Å². The summed E-state index contributed by atoms with van der Waals surface area (Å²) in [7, 11) is 0. The highest BCUT2D eigenvalue weighted by Gasteiger charge is 2.46. The largest absolute Gasteiger partial charge is 0.344 e. The third-order valence-corrected chi connectivity index (χ3v) is 2.96. The summed E-state index contributed by atoms with van der Waals surface area (Å²) in [5, 5.41) is 10.1. The Hall–Kier alpha value is -1.34. The molecule has 7 nitrogen and oxygen atoms in total. The van der Waals surface area contributed by atoms with Gasteiger partial charge < -0.3 is 4.90 Å². The van der Waals surface area contributed by atoms with Gasteiger partial charge in [-0.05, 0) is 19.8 Å². The maximum absolute atomic E-state index is 11.7. The number of hydrogen-bond acceptors (Lipinski definition) is 4. The van der Waals surface area contributed by atoms with E-state index >= 15 is 0 Å². The van der Waals surface area contributed by atoms with Gasteiger partial charge in [-0.1, -0.05) is 0 Å². The molecule has 90 valence electrons. The average molecular weight is 229 g/mol. The number of nitrogens with one attached hydrogen (secondary N) is 1. The van der Waals surface area contributed by atoms with E-state index in [1.807, 2.05) is 0 Å². The molecule has 0 unspecified atom stereocenters. The summed E-state index contributed by atoms with van der Waals surface area (Å²) >= 11 is 0. The average Bonchev–Trinajstić information content (AvgIpc) is 2.52. The fraction of sp³-hybridized carbons (Fsp3) is 0.778. The van der Waals surface area contributed by atoms with Gasteiger partial charge >= 0.3 is 6.03 Å². The predicted molar refractivity (Wildman–Crippen MR) is 52.3 cm³/mol. The molecular formula is C9H15N3O4. The van der Waals surface area contributed by atoms with Crippen molar-refractivity contribution >= 4 is 11.9 Å². The summed E-state index contributed by atoms with van der Waals surface area (Å²) in [6.45, 7) is 2.54. The third-order valence-electron chi connectivity index (χ3n) is 2.96. The first-order valence-electron chi connectivity index (χ1n) is 5.35. The zero-order valence-corrected chi connectivity index (χ0v) is 9.05. The molecule has 0 radical (unpaired) electrons. The molecule has 7 heteroatoms. The van der Waals surface area contributed by atoms with Gasteiger partial charge in [-0.15, -0.1) is 0 Å². The van der Waals surface area contributed by atoms with Crippen LogP contribution in [-0.2, 0) is 9.63 Å². The SMILES string of the molecule is CCONC(=O)[C@@H]1CC[C@@H]2CN1C(=O)N2O. The van der Waals surface area contributed by atoms with Crippen LogP contribution in [0.3, 0.4) is 0 Å². The summed E-state index contributed by atoms with van der Waals surface area (Å²) < 4.78 is 0. The van der Waals surface area contributed by atoms with Gasteiger partial charge in [-0.2, -0.15) is 0 Å². The first-order valence-corrected chi connectivity index (χ1v) is 5.35. The summed E-state index contributed by atoms with van der Waals surface area (Å²) in [5.41, 5.74) is 2.29. The van der Waals surface area contributed by atoms with Crippen LogP contribution in [0, 0.1) is 0 Å². The molecular weight excluding hydrogens is 214 g/mol. The second kappa shape index (κ2) is 4.26. The van der Waals surface area contributed by atoms with Crippen molar-refractivity contribution in [3.63, 3.8) is 0 Å². The molecule has 2 atom stereocenters. The second-order valence-electron chi connectivity index (χ2n) is 3.93. The molecule has 2 rings (SSSR count). The fourth-order valence-corrected chi connectivity index (χ4v) is 2.13. The molecule has 0 saturated carbocycles. The lowest BCUT2D eigenvalue weighted by molar-refractivity contribution is -0.138. The molecule has 0 aliphatic carbocycles. The van der Waals surface area contributed by atoms with Crippen molar-refractivity contribution in [2.75, 3.05) is 13.2 Å². The summed E-state index contributed by atoms with van der Waals surface area (Å²) in [6.07, 6.45) is 1.18. The molecule has 2 aliphatic rings. The number of nitrogens with zero attached hydrogens (tertiary/aromatic N) is 2. The number of rotatable bonds is 3. The van der Waals surface area contributed by atoms with Crippen LogP contribution in [0.1, 0.15) is 19.8 Å². The van der Waals surface area contributed by atoms with Gasteiger partial charge in [0, 0.05) is 6.54 Å². The number of hydrogen-bond donors (Lipinski definition) is 2. The number of carbonyl (C=O) groups excluding carboxylic acids is 2. The molecule has 2 N–H and O–H groups in total. The zero-order chi connectivity index (χ0) is 11.7. The molecule has 0 aromatic heterocycles. The minimum Gasteiger partial charge on any atom is -0.309 e. The van der Waals surface area contributed by atoms with Crippen molar-refractivity contribution in [3.8, 4) is 0 Å². The lowest BCUT2D eigenvalue weighted by Gasteiger charge is -2.28. The van der Waals surface area contributed by atoms with E-state index < -0.39 is 12.1 Å². The lowest BCUT2D eigenvalue weighted by atomic mass is 10.0. The summed E-state index contributed by atoms with van der Waals surface area (Å²) in [4.78, 5) is 29.4. The molecule has 3 amide bonds. The number of hydroxylamine groups is 3. The number of carbonyl (C=O) groups is 2. The summed E-state index contributed by atoms with van der Waals surface area (Å²) in [6, 6.07) is -1.21. The molecule has 0 aromatic carbocycles. The second-order valence-corrected chi connectivity index (χ2v) is 3.93. The van der Waals surface area contributed by atoms with Crippen LogP contribution in [0.2, 0.25) is 0 Å². The maximum atomic E-state index is 11.7. The zero-order valence-electron chi connectivity index (χ0n) is 9.05. The van der Waals surface area contributed by atoms with Crippen LogP contribution in [0.15, 0.2) is 0 Å². The van der Waals surface area contributed by atoms with Gasteiger partial charge in [0.1, 0.15) is 6.04 Å². The fourth-order valence-electron chi connectivity index (χ4n) is 2.13. The highest BCUT2D eigenvalue weighted by atomic mass is 16.6. The van der Waals surface area contributed by atoms with Gasteiger partial charge in [-0.3, -0.25) is 14.8 Å². The van der Waals surface area contributed by atoms with E-state index in [4.69, 9.17) is 4.84 Å². The first kappa shape index (κ1) is 11.2. The Labute approximate surface area is 92.9 Å². The Morgan fingerprint density at radius 2 is 2.38 bits per heavy atom. The normalized spacial score (nSPS) is 28.5. The Kier molecular flexibility index (Phi) is 2.97. The number of amides is 3. The molecule has 2 fully saturated rings. The van der Waals surface area contributed by atoms with Gasteiger partial charge in [0.05, 0.1) is 12.6 Å². The lowest BCUT2D eigenvalue weighted by Crippen LogP contribution is -2.49. The quantitative estimate of drug-likeness (QED) is 0.514. The summed E-state index contributed by atoms with van der Waals surface area (Å²) in [5.74, 6) is -0.330. The number of fused-ring (bicyclic) bond motifs is 2. The standard InChI is InChI=1S/C9H15N3O4/c1-2-16-10-8(13)7-4-3-6-5-11(7)9(14)12(6)15/h6-7,15H,2-5H2,1H3,(H,10,13)/t6-,7+/m1/s1. The van der Waals surface area contributed by atoms with Crippen LogP contribution in [0.4, 0.5) is 4.79 Å². The maximum Gasteiger partial charge on any atom is 0.344 e. The van der Waals surface area contributed by atoms with Crippen molar-refractivity contribution in [1.29, 1.82) is 0 Å². The van der Waals surface area contributed by atoms with Crippen molar-refractivity contribution in [2.24, 2.45) is 0 Å². The van der Waals surface area contributed by atoms with Crippen LogP contribution < -0.4 is 5.48 Å². The monoisotopic (exact) mass is 229 g/mol. The van der Waals surface area contributed by atoms with Gasteiger partial charge in [-0.25, -0.2) is 15.3 Å². The van der Waals surface area contributed by atoms with E-state index in [9.17, 15) is 14.8 Å².